The second kappa shape index (κ2) is 9.00. The molecule has 132 valence electrons. The largest absolute Gasteiger partial charge is 0.480 e. The molecule has 0 unspecified atom stereocenters. The van der Waals surface area contributed by atoms with Gasteiger partial charge in [-0.25, -0.2) is 9.18 Å². The molecule has 0 spiro atoms. The minimum atomic E-state index is -1.13. The van der Waals surface area contributed by atoms with Crippen molar-refractivity contribution in [2.45, 2.75) is 45.7 Å². The number of nitrogens with one attached hydrogen (secondary N) is 2. The Bertz CT molecular complexity index is 606. The smallest absolute Gasteiger partial charge is 0.326 e. The van der Waals surface area contributed by atoms with Gasteiger partial charge >= 0.3 is 5.97 Å². The summed E-state index contributed by atoms with van der Waals surface area (Å²) in [6.07, 6.45) is 0.641. The van der Waals surface area contributed by atoms with E-state index in [1.54, 1.807) is 13.0 Å². The summed E-state index contributed by atoms with van der Waals surface area (Å²) in [4.78, 5) is 35.1. The maximum absolute atomic E-state index is 13.3. The number of carboxylic acids is 1. The van der Waals surface area contributed by atoms with Crippen molar-refractivity contribution in [3.8, 4) is 0 Å². The summed E-state index contributed by atoms with van der Waals surface area (Å²) < 4.78 is 13.3. The van der Waals surface area contributed by atoms with E-state index in [9.17, 15) is 23.9 Å². The molecule has 0 aliphatic carbocycles. The zero-order chi connectivity index (χ0) is 18.3. The number of amides is 2. The van der Waals surface area contributed by atoms with Crippen LogP contribution in [0.4, 0.5) is 4.39 Å². The van der Waals surface area contributed by atoms with Gasteiger partial charge in [0.2, 0.25) is 11.8 Å². The van der Waals surface area contributed by atoms with Gasteiger partial charge in [0.15, 0.2) is 0 Å². The van der Waals surface area contributed by atoms with E-state index in [1.165, 1.54) is 25.1 Å². The van der Waals surface area contributed by atoms with Gasteiger partial charge in [-0.05, 0) is 23.6 Å². The summed E-state index contributed by atoms with van der Waals surface area (Å²) in [5.74, 6) is -2.88. The minimum absolute atomic E-state index is 0.0655. The molecule has 3 atom stereocenters. The second-order valence-corrected chi connectivity index (χ2v) is 5.80. The molecule has 1 rings (SSSR count). The Morgan fingerprint density at radius 2 is 1.92 bits per heavy atom. The number of hydrogen-bond acceptors (Lipinski definition) is 3. The molecule has 0 aromatic heterocycles. The average Bonchev–Trinajstić information content (AvgIpc) is 2.50. The maximum Gasteiger partial charge on any atom is 0.326 e. The van der Waals surface area contributed by atoms with Crippen LogP contribution in [-0.2, 0) is 20.8 Å². The zero-order valence-electron chi connectivity index (χ0n) is 14.0. The highest BCUT2D eigenvalue weighted by Gasteiger charge is 2.29. The molecular formula is C17H23FN2O4. The molecule has 0 aliphatic rings. The van der Waals surface area contributed by atoms with Crippen LogP contribution in [0.1, 0.15) is 32.8 Å². The molecule has 0 saturated carbocycles. The lowest BCUT2D eigenvalue weighted by molar-refractivity contribution is -0.143. The first-order chi connectivity index (χ1) is 11.2. The van der Waals surface area contributed by atoms with E-state index in [2.05, 4.69) is 10.6 Å². The van der Waals surface area contributed by atoms with Crippen molar-refractivity contribution >= 4 is 17.8 Å². The summed E-state index contributed by atoms with van der Waals surface area (Å²) in [6, 6.07) is 3.66. The average molecular weight is 338 g/mol. The van der Waals surface area contributed by atoms with Gasteiger partial charge < -0.3 is 15.7 Å². The van der Waals surface area contributed by atoms with Gasteiger partial charge in [-0.15, -0.1) is 0 Å². The van der Waals surface area contributed by atoms with Crippen molar-refractivity contribution in [2.75, 3.05) is 0 Å². The van der Waals surface area contributed by atoms with Crippen LogP contribution in [0.2, 0.25) is 0 Å². The summed E-state index contributed by atoms with van der Waals surface area (Å²) in [5, 5.41) is 14.2. The topological polar surface area (TPSA) is 95.5 Å². The highest BCUT2D eigenvalue weighted by Crippen LogP contribution is 2.10. The maximum atomic E-state index is 13.3. The number of carbonyl (C=O) groups is 3. The quantitative estimate of drug-likeness (QED) is 0.669. The molecule has 6 nitrogen and oxygen atoms in total. The van der Waals surface area contributed by atoms with E-state index < -0.39 is 35.7 Å². The second-order valence-electron chi connectivity index (χ2n) is 5.80. The van der Waals surface area contributed by atoms with E-state index in [-0.39, 0.29) is 12.3 Å². The van der Waals surface area contributed by atoms with Crippen LogP contribution < -0.4 is 10.6 Å². The lowest BCUT2D eigenvalue weighted by Gasteiger charge is -2.24. The van der Waals surface area contributed by atoms with Gasteiger partial charge in [0.05, 0.1) is 0 Å². The Balaban J connectivity index is 2.91. The van der Waals surface area contributed by atoms with E-state index >= 15 is 0 Å². The first-order valence-electron chi connectivity index (χ1n) is 7.79. The summed E-state index contributed by atoms with van der Waals surface area (Å²) in [6.45, 7) is 4.80. The lowest BCUT2D eigenvalue weighted by atomic mass is 9.98. The van der Waals surface area contributed by atoms with Crippen molar-refractivity contribution in [3.63, 3.8) is 0 Å². The van der Waals surface area contributed by atoms with Gasteiger partial charge in [-0.3, -0.25) is 9.59 Å². The number of halogens is 1. The standard InChI is InChI=1S/C17H23FN2O4/c1-4-10(2)15(17(23)24)20-16(22)14(19-11(3)21)9-12-6-5-7-13(18)8-12/h5-8,10,14-15H,4,9H2,1-3H3,(H,19,21)(H,20,22)(H,23,24)/t10-,14+,15+/m1/s1. The van der Waals surface area contributed by atoms with Crippen molar-refractivity contribution in [3.05, 3.63) is 35.6 Å². The van der Waals surface area contributed by atoms with Crippen LogP contribution in [-0.4, -0.2) is 35.0 Å². The zero-order valence-corrected chi connectivity index (χ0v) is 14.0. The molecule has 3 N–H and O–H groups in total. The fourth-order valence-corrected chi connectivity index (χ4v) is 2.29. The number of carboxylic acid groups (broad SMARTS) is 1. The molecule has 1 aromatic rings. The molecule has 2 amide bonds. The highest BCUT2D eigenvalue weighted by molar-refractivity contribution is 5.90. The number of aliphatic carboxylic acids is 1. The summed E-state index contributed by atoms with van der Waals surface area (Å²) >= 11 is 0. The normalized spacial score (nSPS) is 14.3. The van der Waals surface area contributed by atoms with Gasteiger partial charge in [-0.2, -0.15) is 0 Å². The Morgan fingerprint density at radius 3 is 2.42 bits per heavy atom. The van der Waals surface area contributed by atoms with Crippen LogP contribution >= 0.6 is 0 Å². The van der Waals surface area contributed by atoms with E-state index in [0.29, 0.717) is 12.0 Å². The van der Waals surface area contributed by atoms with Crippen LogP contribution in [0.25, 0.3) is 0 Å². The van der Waals surface area contributed by atoms with Crippen LogP contribution in [0.5, 0.6) is 0 Å². The van der Waals surface area contributed by atoms with Crippen molar-refractivity contribution in [2.24, 2.45) is 5.92 Å². The molecule has 1 aromatic carbocycles. The van der Waals surface area contributed by atoms with Crippen molar-refractivity contribution in [1.29, 1.82) is 0 Å². The Morgan fingerprint density at radius 1 is 1.25 bits per heavy atom. The van der Waals surface area contributed by atoms with E-state index in [0.717, 1.165) is 0 Å². The third-order valence-corrected chi connectivity index (χ3v) is 3.80. The summed E-state index contributed by atoms with van der Waals surface area (Å²) in [5.41, 5.74) is 0.527. The highest BCUT2D eigenvalue weighted by atomic mass is 19.1. The molecule has 0 radical (unpaired) electrons. The molecule has 0 saturated heterocycles. The van der Waals surface area contributed by atoms with Crippen LogP contribution in [0.15, 0.2) is 24.3 Å². The van der Waals surface area contributed by atoms with Crippen molar-refractivity contribution < 1.29 is 23.9 Å². The lowest BCUT2D eigenvalue weighted by Crippen LogP contribution is -2.53. The molecule has 7 heteroatoms. The van der Waals surface area contributed by atoms with Crippen LogP contribution in [0.3, 0.4) is 0 Å². The Hall–Kier alpha value is -2.44. The first-order valence-corrected chi connectivity index (χ1v) is 7.79. The fraction of sp³-hybridized carbons (Fsp3) is 0.471. The number of benzene rings is 1. The molecule has 24 heavy (non-hydrogen) atoms. The summed E-state index contributed by atoms with van der Waals surface area (Å²) in [7, 11) is 0. The molecular weight excluding hydrogens is 315 g/mol. The van der Waals surface area contributed by atoms with Gasteiger partial charge in [0, 0.05) is 13.3 Å². The Kier molecular flexibility index (Phi) is 7.35. The predicted octanol–water partition coefficient (Wildman–Crippen LogP) is 1.49. The molecule has 0 aliphatic heterocycles. The minimum Gasteiger partial charge on any atom is -0.480 e. The molecule has 0 bridgehead atoms. The number of rotatable bonds is 8. The van der Waals surface area contributed by atoms with E-state index in [1.807, 2.05) is 6.92 Å². The monoisotopic (exact) mass is 338 g/mol. The van der Waals surface area contributed by atoms with Gasteiger partial charge in [-0.1, -0.05) is 32.4 Å². The SMILES string of the molecule is CC[C@@H](C)[C@H](NC(=O)[C@H](Cc1cccc(F)c1)NC(C)=O)C(=O)O. The molecule has 0 fully saturated rings. The number of hydrogen-bond donors (Lipinski definition) is 3. The molecule has 0 heterocycles. The third kappa shape index (κ3) is 5.98. The van der Waals surface area contributed by atoms with Crippen LogP contribution in [0, 0.1) is 11.7 Å². The van der Waals surface area contributed by atoms with Gasteiger partial charge in [0.1, 0.15) is 17.9 Å². The van der Waals surface area contributed by atoms with Gasteiger partial charge in [0.25, 0.3) is 0 Å². The predicted molar refractivity (Wildman–Crippen MR) is 86.7 cm³/mol. The Labute approximate surface area is 140 Å². The number of carbonyl (C=O) groups excluding carboxylic acids is 2. The first kappa shape index (κ1) is 19.6. The van der Waals surface area contributed by atoms with E-state index in [4.69, 9.17) is 0 Å². The third-order valence-electron chi connectivity index (χ3n) is 3.80. The van der Waals surface area contributed by atoms with Crippen molar-refractivity contribution in [1.82, 2.24) is 10.6 Å². The fourth-order valence-electron chi connectivity index (χ4n) is 2.29.